The summed E-state index contributed by atoms with van der Waals surface area (Å²) in [7, 11) is 0. The van der Waals surface area contributed by atoms with Gasteiger partial charge in [0.2, 0.25) is 0 Å². The Labute approximate surface area is 157 Å². The Morgan fingerprint density at radius 3 is 2.50 bits per heavy atom. The van der Waals surface area contributed by atoms with Crippen molar-refractivity contribution in [3.63, 3.8) is 0 Å². The molecule has 7 nitrogen and oxygen atoms in total. The molecule has 1 saturated carbocycles. The second kappa shape index (κ2) is 10.7. The number of hydrogen-bond donors (Lipinski definition) is 3. The first kappa shape index (κ1) is 21.0. The molecule has 26 heavy (non-hydrogen) atoms. The van der Waals surface area contributed by atoms with E-state index in [1.165, 1.54) is 25.9 Å². The fraction of sp³-hybridized carbons (Fsp3) is 0.895. The number of urea groups is 1. The Kier molecular flexibility index (Phi) is 8.65. The van der Waals surface area contributed by atoms with E-state index in [2.05, 4.69) is 22.5 Å². The minimum atomic E-state index is -0.792. The van der Waals surface area contributed by atoms with Crippen LogP contribution < -0.4 is 10.6 Å². The number of aliphatic carboxylic acids is 1. The zero-order chi connectivity index (χ0) is 18.9. The van der Waals surface area contributed by atoms with E-state index in [0.29, 0.717) is 6.54 Å². The first-order chi connectivity index (χ1) is 12.5. The predicted molar refractivity (Wildman–Crippen MR) is 102 cm³/mol. The van der Waals surface area contributed by atoms with Crippen molar-refractivity contribution in [3.8, 4) is 0 Å². The van der Waals surface area contributed by atoms with Gasteiger partial charge in [-0.05, 0) is 70.6 Å². The molecule has 0 radical (unpaired) electrons. The highest BCUT2D eigenvalue weighted by molar-refractivity contribution is 5.74. The van der Waals surface area contributed by atoms with Gasteiger partial charge in [0.15, 0.2) is 0 Å². The molecule has 0 aromatic carbocycles. The van der Waals surface area contributed by atoms with Gasteiger partial charge in [-0.2, -0.15) is 0 Å². The average molecular weight is 369 g/mol. The van der Waals surface area contributed by atoms with Crippen LogP contribution in [0.4, 0.5) is 4.79 Å². The van der Waals surface area contributed by atoms with Crippen LogP contribution in [0, 0.1) is 5.92 Å². The van der Waals surface area contributed by atoms with Crippen molar-refractivity contribution in [2.24, 2.45) is 5.92 Å². The molecule has 0 aromatic heterocycles. The Hall–Kier alpha value is -1.34. The molecule has 2 fully saturated rings. The summed E-state index contributed by atoms with van der Waals surface area (Å²) < 4.78 is 0. The van der Waals surface area contributed by atoms with Gasteiger partial charge in [0.05, 0.1) is 6.54 Å². The van der Waals surface area contributed by atoms with Gasteiger partial charge in [-0.15, -0.1) is 0 Å². The number of carboxylic acid groups (broad SMARTS) is 1. The number of amides is 2. The second-order valence-corrected chi connectivity index (χ2v) is 7.91. The number of rotatable bonds is 10. The molecule has 1 aliphatic carbocycles. The number of likely N-dealkylation sites (tertiary alicyclic amines) is 1. The summed E-state index contributed by atoms with van der Waals surface area (Å²) in [6, 6.07) is 0.341. The first-order valence-corrected chi connectivity index (χ1v) is 10.2. The van der Waals surface area contributed by atoms with Crippen LogP contribution in [0.2, 0.25) is 0 Å². The van der Waals surface area contributed by atoms with Crippen molar-refractivity contribution < 1.29 is 14.7 Å². The van der Waals surface area contributed by atoms with Crippen LogP contribution in [-0.4, -0.2) is 78.3 Å². The van der Waals surface area contributed by atoms with Crippen molar-refractivity contribution in [1.82, 2.24) is 20.4 Å². The Bertz CT molecular complexity index is 446. The van der Waals surface area contributed by atoms with Crippen molar-refractivity contribution in [1.29, 1.82) is 0 Å². The van der Waals surface area contributed by atoms with E-state index >= 15 is 0 Å². The molecule has 0 unspecified atom stereocenters. The van der Waals surface area contributed by atoms with Crippen LogP contribution in [0.3, 0.4) is 0 Å². The van der Waals surface area contributed by atoms with Crippen LogP contribution in [0.1, 0.15) is 52.4 Å². The zero-order valence-corrected chi connectivity index (χ0v) is 16.4. The van der Waals surface area contributed by atoms with Gasteiger partial charge >= 0.3 is 12.0 Å². The number of carboxylic acids is 1. The van der Waals surface area contributed by atoms with Gasteiger partial charge in [0, 0.05) is 18.6 Å². The maximum absolute atomic E-state index is 11.9. The van der Waals surface area contributed by atoms with Crippen LogP contribution in [0.5, 0.6) is 0 Å². The van der Waals surface area contributed by atoms with Gasteiger partial charge in [-0.25, -0.2) is 4.79 Å². The number of nitrogens with one attached hydrogen (secondary N) is 2. The van der Waals surface area contributed by atoms with Gasteiger partial charge in [-0.3, -0.25) is 9.69 Å². The Morgan fingerprint density at radius 1 is 1.19 bits per heavy atom. The van der Waals surface area contributed by atoms with Gasteiger partial charge < -0.3 is 20.6 Å². The van der Waals surface area contributed by atoms with Crippen molar-refractivity contribution in [3.05, 3.63) is 0 Å². The maximum Gasteiger partial charge on any atom is 0.317 e. The van der Waals surface area contributed by atoms with E-state index in [1.807, 2.05) is 11.8 Å². The molecule has 0 spiro atoms. The summed E-state index contributed by atoms with van der Waals surface area (Å²) in [6.45, 7) is 9.39. The highest BCUT2D eigenvalue weighted by Gasteiger charge is 2.34. The zero-order valence-electron chi connectivity index (χ0n) is 16.4. The lowest BCUT2D eigenvalue weighted by Gasteiger charge is -2.42. The molecular formula is C19H36N4O3. The van der Waals surface area contributed by atoms with Crippen molar-refractivity contribution in [2.45, 2.75) is 64.5 Å². The van der Waals surface area contributed by atoms with E-state index in [0.717, 1.165) is 44.7 Å². The normalized spacial score (nSPS) is 24.3. The average Bonchev–Trinajstić information content (AvgIpc) is 2.57. The lowest BCUT2D eigenvalue weighted by atomic mass is 9.85. The lowest BCUT2D eigenvalue weighted by molar-refractivity contribution is -0.139. The third kappa shape index (κ3) is 7.11. The highest BCUT2D eigenvalue weighted by Crippen LogP contribution is 2.25. The molecule has 1 heterocycles. The molecule has 150 valence electrons. The summed E-state index contributed by atoms with van der Waals surface area (Å²) >= 11 is 0. The smallest absolute Gasteiger partial charge is 0.317 e. The highest BCUT2D eigenvalue weighted by atomic mass is 16.4. The maximum atomic E-state index is 11.9. The minimum absolute atomic E-state index is 0.0794. The van der Waals surface area contributed by atoms with Crippen LogP contribution >= 0.6 is 0 Å². The summed E-state index contributed by atoms with van der Waals surface area (Å²) in [6.07, 6.45) is 6.43. The number of hydrogen-bond acceptors (Lipinski definition) is 4. The van der Waals surface area contributed by atoms with Crippen LogP contribution in [0.15, 0.2) is 0 Å². The lowest BCUT2D eigenvalue weighted by Crippen LogP contribution is -2.56. The molecule has 0 atom stereocenters. The fourth-order valence-electron chi connectivity index (χ4n) is 3.86. The summed E-state index contributed by atoms with van der Waals surface area (Å²) in [5.74, 6) is 0.0799. The molecule has 1 saturated heterocycles. The molecule has 2 aliphatic rings. The topological polar surface area (TPSA) is 84.9 Å². The number of carbonyl (C=O) groups excluding carboxylic acids is 1. The Morgan fingerprint density at radius 2 is 1.88 bits per heavy atom. The number of carbonyl (C=O) groups is 2. The molecule has 3 N–H and O–H groups in total. The standard InChI is InChI=1S/C19H36N4O3/c1-3-23(14-18(24)25)17-12-16(13-17)21-19(26)20-8-4-5-9-22-10-6-15(2)7-11-22/h15-17H,3-14H2,1-2H3,(H,24,25)(H2,20,21,26). The number of piperidine rings is 1. The third-order valence-electron chi connectivity index (χ3n) is 5.77. The number of unbranched alkanes of at least 4 members (excludes halogenated alkanes) is 1. The molecule has 7 heteroatoms. The summed E-state index contributed by atoms with van der Waals surface area (Å²) in [5.41, 5.74) is 0. The minimum Gasteiger partial charge on any atom is -0.480 e. The SMILES string of the molecule is CCN(CC(=O)O)C1CC(NC(=O)NCCCCN2CCC(C)CC2)C1. The van der Waals surface area contributed by atoms with E-state index in [-0.39, 0.29) is 24.7 Å². The van der Waals surface area contributed by atoms with E-state index in [9.17, 15) is 9.59 Å². The largest absolute Gasteiger partial charge is 0.480 e. The summed E-state index contributed by atoms with van der Waals surface area (Å²) in [4.78, 5) is 27.3. The van der Waals surface area contributed by atoms with Crippen molar-refractivity contribution >= 4 is 12.0 Å². The monoisotopic (exact) mass is 368 g/mol. The second-order valence-electron chi connectivity index (χ2n) is 7.91. The number of nitrogens with zero attached hydrogens (tertiary/aromatic N) is 2. The van der Waals surface area contributed by atoms with E-state index in [4.69, 9.17) is 5.11 Å². The predicted octanol–water partition coefficient (Wildman–Crippen LogP) is 1.74. The van der Waals surface area contributed by atoms with Gasteiger partial charge in [-0.1, -0.05) is 13.8 Å². The molecule has 0 bridgehead atoms. The molecule has 1 aliphatic heterocycles. The molecular weight excluding hydrogens is 332 g/mol. The quantitative estimate of drug-likeness (QED) is 0.512. The number of likely N-dealkylation sites (N-methyl/N-ethyl adjacent to an activating group) is 1. The van der Waals surface area contributed by atoms with E-state index < -0.39 is 5.97 Å². The van der Waals surface area contributed by atoms with Crippen molar-refractivity contribution in [2.75, 3.05) is 39.3 Å². The van der Waals surface area contributed by atoms with Crippen LogP contribution in [-0.2, 0) is 4.79 Å². The fourth-order valence-corrected chi connectivity index (χ4v) is 3.86. The van der Waals surface area contributed by atoms with Crippen LogP contribution in [0.25, 0.3) is 0 Å². The molecule has 2 amide bonds. The van der Waals surface area contributed by atoms with E-state index in [1.54, 1.807) is 0 Å². The summed E-state index contributed by atoms with van der Waals surface area (Å²) in [5, 5.41) is 14.8. The molecule has 2 rings (SSSR count). The Balaban J connectivity index is 1.48. The van der Waals surface area contributed by atoms with Gasteiger partial charge in [0.25, 0.3) is 0 Å². The van der Waals surface area contributed by atoms with Gasteiger partial charge in [0.1, 0.15) is 0 Å². The first-order valence-electron chi connectivity index (χ1n) is 10.2. The third-order valence-corrected chi connectivity index (χ3v) is 5.77. The molecule has 0 aromatic rings.